The van der Waals surface area contributed by atoms with Crippen LogP contribution in [0.4, 0.5) is 0 Å². The fourth-order valence-electron chi connectivity index (χ4n) is 3.01. The largest absolute Gasteiger partial charge is 0.496 e. The van der Waals surface area contributed by atoms with Crippen molar-refractivity contribution in [3.63, 3.8) is 0 Å². The Balaban J connectivity index is 1.94. The highest BCUT2D eigenvalue weighted by atomic mass is 16.5. The van der Waals surface area contributed by atoms with Gasteiger partial charge in [0.25, 0.3) is 0 Å². The number of ether oxygens (including phenoxy) is 2. The summed E-state index contributed by atoms with van der Waals surface area (Å²) in [5.74, 6) is 2.56. The summed E-state index contributed by atoms with van der Waals surface area (Å²) in [5.41, 5.74) is 1.20. The predicted molar refractivity (Wildman–Crippen MR) is 94.2 cm³/mol. The first-order chi connectivity index (χ1) is 11.3. The molecule has 128 valence electrons. The van der Waals surface area contributed by atoms with E-state index in [4.69, 9.17) is 14.5 Å². The van der Waals surface area contributed by atoms with Gasteiger partial charge in [0, 0.05) is 39.2 Å². The van der Waals surface area contributed by atoms with Gasteiger partial charge in [-0.1, -0.05) is 18.2 Å². The van der Waals surface area contributed by atoms with E-state index in [1.165, 1.54) is 12.0 Å². The van der Waals surface area contributed by atoms with Gasteiger partial charge in [-0.05, 0) is 31.4 Å². The van der Waals surface area contributed by atoms with E-state index < -0.39 is 0 Å². The van der Waals surface area contributed by atoms with Crippen LogP contribution >= 0.6 is 0 Å². The number of para-hydroxylation sites is 1. The monoisotopic (exact) mass is 319 g/mol. The first-order valence-corrected chi connectivity index (χ1v) is 8.42. The van der Waals surface area contributed by atoms with Crippen molar-refractivity contribution in [1.82, 2.24) is 10.2 Å². The van der Waals surface area contributed by atoms with Crippen LogP contribution in [-0.2, 0) is 11.2 Å². The second-order valence-corrected chi connectivity index (χ2v) is 5.85. The Kier molecular flexibility index (Phi) is 7.20. The molecule has 0 aliphatic carbocycles. The van der Waals surface area contributed by atoms with Crippen LogP contribution in [0.5, 0.6) is 5.75 Å². The summed E-state index contributed by atoms with van der Waals surface area (Å²) < 4.78 is 10.7. The van der Waals surface area contributed by atoms with Crippen LogP contribution in [0.25, 0.3) is 0 Å². The fraction of sp³-hybridized carbons (Fsp3) is 0.611. The van der Waals surface area contributed by atoms with Crippen molar-refractivity contribution in [2.75, 3.05) is 47.0 Å². The molecular weight excluding hydrogens is 290 g/mol. The lowest BCUT2D eigenvalue weighted by Crippen LogP contribution is -2.40. The van der Waals surface area contributed by atoms with E-state index in [0.29, 0.717) is 5.92 Å². The van der Waals surface area contributed by atoms with Gasteiger partial charge in [-0.3, -0.25) is 4.99 Å². The zero-order chi connectivity index (χ0) is 16.5. The Morgan fingerprint density at radius 3 is 2.91 bits per heavy atom. The minimum absolute atomic E-state index is 0.609. The Labute approximate surface area is 139 Å². The highest BCUT2D eigenvalue weighted by Gasteiger charge is 2.24. The molecule has 1 unspecified atom stereocenters. The number of aliphatic imine (C=N–C) groups is 1. The highest BCUT2D eigenvalue weighted by molar-refractivity contribution is 5.80. The highest BCUT2D eigenvalue weighted by Crippen LogP contribution is 2.18. The van der Waals surface area contributed by atoms with E-state index in [1.54, 1.807) is 14.2 Å². The van der Waals surface area contributed by atoms with Crippen LogP contribution in [0.2, 0.25) is 0 Å². The first-order valence-electron chi connectivity index (χ1n) is 8.42. The summed E-state index contributed by atoms with van der Waals surface area (Å²) in [6, 6.07) is 8.14. The van der Waals surface area contributed by atoms with Crippen molar-refractivity contribution < 1.29 is 9.47 Å². The topological polar surface area (TPSA) is 46.1 Å². The molecule has 1 fully saturated rings. The second kappa shape index (κ2) is 9.40. The molecule has 1 N–H and O–H groups in total. The lowest BCUT2D eigenvalue weighted by atomic mass is 10.1. The summed E-state index contributed by atoms with van der Waals surface area (Å²) in [6.45, 7) is 6.66. The number of likely N-dealkylation sites (tertiary alicyclic amines) is 1. The van der Waals surface area contributed by atoms with Crippen molar-refractivity contribution >= 4 is 5.96 Å². The van der Waals surface area contributed by atoms with Crippen LogP contribution < -0.4 is 10.1 Å². The van der Waals surface area contributed by atoms with Gasteiger partial charge in [-0.2, -0.15) is 0 Å². The third-order valence-electron chi connectivity index (χ3n) is 4.16. The molecular formula is C18H29N3O2. The lowest BCUT2D eigenvalue weighted by molar-refractivity contribution is 0.157. The quantitative estimate of drug-likeness (QED) is 0.618. The van der Waals surface area contributed by atoms with E-state index in [2.05, 4.69) is 23.2 Å². The van der Waals surface area contributed by atoms with Gasteiger partial charge in [0.05, 0.1) is 13.7 Å². The zero-order valence-electron chi connectivity index (χ0n) is 14.5. The van der Waals surface area contributed by atoms with Gasteiger partial charge in [0.15, 0.2) is 5.96 Å². The number of hydrogen-bond donors (Lipinski definition) is 1. The predicted octanol–water partition coefficient (Wildman–Crippen LogP) is 2.17. The molecule has 0 radical (unpaired) electrons. The third-order valence-corrected chi connectivity index (χ3v) is 4.16. The standard InChI is InChI=1S/C18H29N3O2/c1-4-19-18(21-12-10-15(13-21)14-22-2)20-11-9-16-7-5-6-8-17(16)23-3/h5-8,15H,4,9-14H2,1-3H3,(H,19,20). The average molecular weight is 319 g/mol. The fourth-order valence-corrected chi connectivity index (χ4v) is 3.01. The SMILES string of the molecule is CCNC(=NCCc1ccccc1OC)N1CCC(COC)C1. The van der Waals surface area contributed by atoms with Crippen LogP contribution in [0, 0.1) is 5.92 Å². The number of hydrogen-bond acceptors (Lipinski definition) is 3. The molecule has 23 heavy (non-hydrogen) atoms. The van der Waals surface area contributed by atoms with Gasteiger partial charge in [-0.25, -0.2) is 0 Å². The molecule has 1 aromatic carbocycles. The molecule has 0 spiro atoms. The van der Waals surface area contributed by atoms with Crippen molar-refractivity contribution in [2.24, 2.45) is 10.9 Å². The molecule has 1 heterocycles. The maximum Gasteiger partial charge on any atom is 0.193 e. The van der Waals surface area contributed by atoms with Gasteiger partial charge < -0.3 is 19.7 Å². The normalized spacial score (nSPS) is 18.3. The number of nitrogens with one attached hydrogen (secondary N) is 1. The molecule has 5 nitrogen and oxygen atoms in total. The van der Waals surface area contributed by atoms with Crippen LogP contribution in [0.15, 0.2) is 29.3 Å². The second-order valence-electron chi connectivity index (χ2n) is 5.85. The van der Waals surface area contributed by atoms with Crippen LogP contribution in [-0.4, -0.2) is 57.9 Å². The Hall–Kier alpha value is -1.75. The summed E-state index contributed by atoms with van der Waals surface area (Å²) >= 11 is 0. The maximum absolute atomic E-state index is 5.40. The molecule has 0 amide bonds. The van der Waals surface area contributed by atoms with Crippen molar-refractivity contribution in [1.29, 1.82) is 0 Å². The molecule has 0 aromatic heterocycles. The Morgan fingerprint density at radius 1 is 1.35 bits per heavy atom. The molecule has 0 bridgehead atoms. The van der Waals surface area contributed by atoms with Crippen molar-refractivity contribution in [3.05, 3.63) is 29.8 Å². The molecule has 1 aromatic rings. The molecule has 1 saturated heterocycles. The molecule has 1 aliphatic rings. The van der Waals surface area contributed by atoms with E-state index in [0.717, 1.165) is 50.9 Å². The number of methoxy groups -OCH3 is 2. The number of nitrogens with zero attached hydrogens (tertiary/aromatic N) is 2. The summed E-state index contributed by atoms with van der Waals surface area (Å²) in [6.07, 6.45) is 2.05. The molecule has 2 rings (SSSR count). The van der Waals surface area contributed by atoms with Crippen LogP contribution in [0.1, 0.15) is 18.9 Å². The van der Waals surface area contributed by atoms with E-state index in [1.807, 2.05) is 18.2 Å². The molecule has 0 saturated carbocycles. The Morgan fingerprint density at radius 2 is 2.17 bits per heavy atom. The summed E-state index contributed by atoms with van der Waals surface area (Å²) in [4.78, 5) is 7.14. The van der Waals surface area contributed by atoms with E-state index in [9.17, 15) is 0 Å². The molecule has 1 atom stereocenters. The van der Waals surface area contributed by atoms with Crippen molar-refractivity contribution in [3.8, 4) is 5.75 Å². The zero-order valence-corrected chi connectivity index (χ0v) is 14.5. The number of rotatable bonds is 7. The van der Waals surface area contributed by atoms with E-state index in [-0.39, 0.29) is 0 Å². The minimum Gasteiger partial charge on any atom is -0.496 e. The maximum atomic E-state index is 5.40. The van der Waals surface area contributed by atoms with Gasteiger partial charge in [-0.15, -0.1) is 0 Å². The summed E-state index contributed by atoms with van der Waals surface area (Å²) in [5, 5.41) is 3.41. The van der Waals surface area contributed by atoms with Crippen LogP contribution in [0.3, 0.4) is 0 Å². The first kappa shape index (κ1) is 17.6. The Bertz CT molecular complexity index is 505. The van der Waals surface area contributed by atoms with Gasteiger partial charge in [0.1, 0.15) is 5.75 Å². The van der Waals surface area contributed by atoms with Gasteiger partial charge >= 0.3 is 0 Å². The minimum atomic E-state index is 0.609. The smallest absolute Gasteiger partial charge is 0.193 e. The van der Waals surface area contributed by atoms with Crippen molar-refractivity contribution in [2.45, 2.75) is 19.8 Å². The van der Waals surface area contributed by atoms with Gasteiger partial charge in [0.2, 0.25) is 0 Å². The lowest BCUT2D eigenvalue weighted by Gasteiger charge is -2.21. The summed E-state index contributed by atoms with van der Waals surface area (Å²) in [7, 11) is 3.49. The average Bonchev–Trinajstić information content (AvgIpc) is 3.03. The van der Waals surface area contributed by atoms with E-state index >= 15 is 0 Å². The number of guanidine groups is 1. The molecule has 1 aliphatic heterocycles. The third kappa shape index (κ3) is 5.13. The number of benzene rings is 1. The molecule has 5 heteroatoms.